The van der Waals surface area contributed by atoms with Crippen LogP contribution in [0.2, 0.25) is 5.02 Å². The lowest BCUT2D eigenvalue weighted by Crippen LogP contribution is -2.31. The van der Waals surface area contributed by atoms with Gasteiger partial charge in [-0.2, -0.15) is 0 Å². The van der Waals surface area contributed by atoms with Crippen LogP contribution in [0, 0.1) is 5.92 Å². The van der Waals surface area contributed by atoms with Crippen molar-refractivity contribution in [3.63, 3.8) is 0 Å². The predicted molar refractivity (Wildman–Crippen MR) is 95.0 cm³/mol. The van der Waals surface area contributed by atoms with Gasteiger partial charge in [-0.25, -0.2) is 8.42 Å². The van der Waals surface area contributed by atoms with Crippen LogP contribution >= 0.6 is 11.6 Å². The largest absolute Gasteiger partial charge is 0.466 e. The van der Waals surface area contributed by atoms with Gasteiger partial charge in [0.2, 0.25) is 0 Å². The van der Waals surface area contributed by atoms with E-state index in [0.717, 1.165) is 0 Å². The molecule has 0 fully saturated rings. The van der Waals surface area contributed by atoms with Gasteiger partial charge in [-0.3, -0.25) is 4.79 Å². The van der Waals surface area contributed by atoms with Gasteiger partial charge in [0.1, 0.15) is 5.92 Å². The first kappa shape index (κ1) is 19.4. The lowest BCUT2D eigenvalue weighted by molar-refractivity contribution is -0.151. The molecule has 0 heterocycles. The van der Waals surface area contributed by atoms with Crippen molar-refractivity contribution in [3.05, 3.63) is 65.2 Å². The summed E-state index contributed by atoms with van der Waals surface area (Å²) in [6, 6.07) is 14.2. The molecule has 2 atom stereocenters. The molecule has 0 aliphatic rings. The van der Waals surface area contributed by atoms with Gasteiger partial charge in [-0.15, -0.1) is 0 Å². The molecule has 25 heavy (non-hydrogen) atoms. The summed E-state index contributed by atoms with van der Waals surface area (Å²) in [4.78, 5) is 12.4. The van der Waals surface area contributed by atoms with Crippen LogP contribution in [-0.2, 0) is 19.4 Å². The Labute approximate surface area is 152 Å². The average molecular weight is 383 g/mol. The standard InChI is InChI=1S/C18H19ClO5S/c1-2-24-18(21)15(17(20)14-10-6-7-11-16(14)19)12-25(22,23)13-8-4-3-5-9-13/h3-11,15,17,20H,2,12H2,1H3/t15-,17+/m0/s1. The average Bonchev–Trinajstić information content (AvgIpc) is 2.60. The molecule has 5 nitrogen and oxygen atoms in total. The summed E-state index contributed by atoms with van der Waals surface area (Å²) >= 11 is 6.07. The Morgan fingerprint density at radius 1 is 1.12 bits per heavy atom. The number of ether oxygens (including phenoxy) is 1. The summed E-state index contributed by atoms with van der Waals surface area (Å²) in [6.07, 6.45) is -1.40. The van der Waals surface area contributed by atoms with Crippen molar-refractivity contribution in [2.75, 3.05) is 12.4 Å². The fourth-order valence-corrected chi connectivity index (χ4v) is 4.23. The van der Waals surface area contributed by atoms with E-state index in [1.165, 1.54) is 12.1 Å². The molecule has 0 bridgehead atoms. The van der Waals surface area contributed by atoms with Gasteiger partial charge in [0.15, 0.2) is 9.84 Å². The maximum absolute atomic E-state index is 12.6. The third-order valence-corrected chi connectivity index (χ3v) is 5.83. The molecule has 0 radical (unpaired) electrons. The molecule has 0 saturated heterocycles. The van der Waals surface area contributed by atoms with E-state index in [4.69, 9.17) is 16.3 Å². The highest BCUT2D eigenvalue weighted by atomic mass is 35.5. The molecule has 134 valence electrons. The zero-order valence-electron chi connectivity index (χ0n) is 13.6. The number of esters is 1. The second-order valence-corrected chi connectivity index (χ2v) is 7.86. The van der Waals surface area contributed by atoms with E-state index in [1.807, 2.05) is 0 Å². The van der Waals surface area contributed by atoms with Gasteiger partial charge in [0, 0.05) is 5.02 Å². The maximum atomic E-state index is 12.6. The topological polar surface area (TPSA) is 80.7 Å². The molecule has 0 saturated carbocycles. The highest BCUT2D eigenvalue weighted by molar-refractivity contribution is 7.91. The van der Waals surface area contributed by atoms with Crippen LogP contribution in [0.3, 0.4) is 0 Å². The zero-order valence-corrected chi connectivity index (χ0v) is 15.2. The molecule has 7 heteroatoms. The summed E-state index contributed by atoms with van der Waals surface area (Å²) < 4.78 is 30.2. The van der Waals surface area contributed by atoms with Gasteiger partial charge in [0.05, 0.1) is 23.4 Å². The highest BCUT2D eigenvalue weighted by Crippen LogP contribution is 2.31. The Morgan fingerprint density at radius 2 is 1.72 bits per heavy atom. The summed E-state index contributed by atoms with van der Waals surface area (Å²) in [5.74, 6) is -2.65. The first-order valence-corrected chi connectivity index (χ1v) is 9.76. The number of sulfone groups is 1. The molecule has 0 spiro atoms. The van der Waals surface area contributed by atoms with Crippen molar-refractivity contribution < 1.29 is 23.1 Å². The highest BCUT2D eigenvalue weighted by Gasteiger charge is 2.35. The van der Waals surface area contributed by atoms with Crippen molar-refractivity contribution in [3.8, 4) is 0 Å². The molecule has 2 aromatic carbocycles. The molecule has 2 aromatic rings. The molecule has 2 rings (SSSR count). The first-order chi connectivity index (χ1) is 11.9. The number of halogens is 1. The Kier molecular flexibility index (Phi) is 6.58. The normalized spacial score (nSPS) is 13.9. The van der Waals surface area contributed by atoms with E-state index >= 15 is 0 Å². The van der Waals surface area contributed by atoms with Gasteiger partial charge in [-0.1, -0.05) is 48.0 Å². The van der Waals surface area contributed by atoms with E-state index in [1.54, 1.807) is 49.4 Å². The van der Waals surface area contributed by atoms with Gasteiger partial charge < -0.3 is 9.84 Å². The number of carbonyl (C=O) groups is 1. The summed E-state index contributed by atoms with van der Waals surface area (Å²) in [7, 11) is -3.79. The van der Waals surface area contributed by atoms with Crippen molar-refractivity contribution >= 4 is 27.4 Å². The van der Waals surface area contributed by atoms with Gasteiger partial charge in [0.25, 0.3) is 0 Å². The Morgan fingerprint density at radius 3 is 2.32 bits per heavy atom. The Hall–Kier alpha value is -1.89. The number of aliphatic hydroxyl groups excluding tert-OH is 1. The maximum Gasteiger partial charge on any atom is 0.312 e. The van der Waals surface area contributed by atoms with Crippen LogP contribution in [-0.4, -0.2) is 31.9 Å². The third kappa shape index (κ3) is 4.81. The molecule has 0 aromatic heterocycles. The van der Waals surface area contributed by atoms with E-state index < -0.39 is 33.6 Å². The van der Waals surface area contributed by atoms with Crippen molar-refractivity contribution in [2.45, 2.75) is 17.9 Å². The monoisotopic (exact) mass is 382 g/mol. The lowest BCUT2D eigenvalue weighted by Gasteiger charge is -2.22. The first-order valence-electron chi connectivity index (χ1n) is 7.73. The van der Waals surface area contributed by atoms with Crippen molar-refractivity contribution in [1.29, 1.82) is 0 Å². The minimum absolute atomic E-state index is 0.0793. The second-order valence-electron chi connectivity index (χ2n) is 5.42. The summed E-state index contributed by atoms with van der Waals surface area (Å²) in [5, 5.41) is 10.9. The molecule has 0 aliphatic carbocycles. The Balaban J connectivity index is 2.37. The van der Waals surface area contributed by atoms with Crippen LogP contribution < -0.4 is 0 Å². The van der Waals surface area contributed by atoms with Crippen molar-refractivity contribution in [1.82, 2.24) is 0 Å². The fraction of sp³-hybridized carbons (Fsp3) is 0.278. The molecule has 0 aliphatic heterocycles. The zero-order chi connectivity index (χ0) is 18.4. The van der Waals surface area contributed by atoms with E-state index in [9.17, 15) is 18.3 Å². The third-order valence-electron chi connectivity index (χ3n) is 3.70. The van der Waals surface area contributed by atoms with Crippen LogP contribution in [0.4, 0.5) is 0 Å². The minimum Gasteiger partial charge on any atom is -0.466 e. The Bertz CT molecular complexity index is 820. The van der Waals surface area contributed by atoms with Crippen LogP contribution in [0.15, 0.2) is 59.5 Å². The lowest BCUT2D eigenvalue weighted by atomic mass is 9.97. The fourth-order valence-electron chi connectivity index (χ4n) is 2.43. The molecule has 0 unspecified atom stereocenters. The van der Waals surface area contributed by atoms with Crippen LogP contribution in [0.25, 0.3) is 0 Å². The minimum atomic E-state index is -3.79. The van der Waals surface area contributed by atoms with E-state index in [-0.39, 0.29) is 22.1 Å². The summed E-state index contributed by atoms with van der Waals surface area (Å²) in [6.45, 7) is 1.69. The number of benzene rings is 2. The number of rotatable bonds is 7. The molecule has 1 N–H and O–H groups in total. The molecular formula is C18H19ClO5S. The summed E-state index contributed by atoms with van der Waals surface area (Å²) in [5.41, 5.74) is 0.283. The second kappa shape index (κ2) is 8.47. The van der Waals surface area contributed by atoms with E-state index in [0.29, 0.717) is 0 Å². The van der Waals surface area contributed by atoms with Gasteiger partial charge in [-0.05, 0) is 30.7 Å². The number of hydrogen-bond acceptors (Lipinski definition) is 5. The van der Waals surface area contributed by atoms with E-state index in [2.05, 4.69) is 0 Å². The number of hydrogen-bond donors (Lipinski definition) is 1. The predicted octanol–water partition coefficient (Wildman–Crippen LogP) is 3.03. The SMILES string of the molecule is CCOC(=O)[C@@H](CS(=O)(=O)c1ccccc1)[C@H](O)c1ccccc1Cl. The van der Waals surface area contributed by atoms with Crippen molar-refractivity contribution in [2.24, 2.45) is 5.92 Å². The smallest absolute Gasteiger partial charge is 0.312 e. The quantitative estimate of drug-likeness (QED) is 0.744. The number of aliphatic hydroxyl groups is 1. The molecule has 0 amide bonds. The van der Waals surface area contributed by atoms with Gasteiger partial charge >= 0.3 is 5.97 Å². The number of carbonyl (C=O) groups excluding carboxylic acids is 1. The van der Waals surface area contributed by atoms with Crippen LogP contribution in [0.1, 0.15) is 18.6 Å². The molecular weight excluding hydrogens is 364 g/mol. The van der Waals surface area contributed by atoms with Crippen LogP contribution in [0.5, 0.6) is 0 Å².